The first kappa shape index (κ1) is 9.51. The normalized spacial score (nSPS) is 10.5. The van der Waals surface area contributed by atoms with E-state index in [9.17, 15) is 9.59 Å². The summed E-state index contributed by atoms with van der Waals surface area (Å²) >= 11 is 0. The van der Waals surface area contributed by atoms with E-state index in [0.29, 0.717) is 16.8 Å². The first-order chi connectivity index (χ1) is 7.13. The highest BCUT2D eigenvalue weighted by Gasteiger charge is 2.07. The van der Waals surface area contributed by atoms with Crippen LogP contribution in [0, 0.1) is 6.92 Å². The zero-order valence-electron chi connectivity index (χ0n) is 8.38. The van der Waals surface area contributed by atoms with Crippen LogP contribution < -0.4 is 15.9 Å². The fraction of sp³-hybridized carbons (Fsp3) is 0.200. The molecule has 0 aliphatic carbocycles. The van der Waals surface area contributed by atoms with Gasteiger partial charge in [-0.05, 0) is 18.6 Å². The van der Waals surface area contributed by atoms with Crippen LogP contribution in [0.3, 0.4) is 0 Å². The fourth-order valence-corrected chi connectivity index (χ4v) is 1.53. The maximum absolute atomic E-state index is 11.2. The van der Waals surface area contributed by atoms with Crippen molar-refractivity contribution in [2.24, 2.45) is 0 Å². The van der Waals surface area contributed by atoms with Crippen LogP contribution in [0.4, 0.5) is 0 Å². The zero-order chi connectivity index (χ0) is 11.0. The second-order valence-corrected chi connectivity index (χ2v) is 3.25. The van der Waals surface area contributed by atoms with Gasteiger partial charge in [-0.15, -0.1) is 0 Å². The van der Waals surface area contributed by atoms with Crippen LogP contribution in [-0.2, 0) is 0 Å². The van der Waals surface area contributed by atoms with E-state index in [1.54, 1.807) is 6.07 Å². The number of aryl methyl sites for hydroxylation is 1. The lowest BCUT2D eigenvalue weighted by atomic mass is 10.2. The number of benzene rings is 1. The molecule has 0 bridgehead atoms. The lowest BCUT2D eigenvalue weighted by Crippen LogP contribution is -2.29. The molecule has 0 saturated heterocycles. The molecule has 5 heteroatoms. The largest absolute Gasteiger partial charge is 0.494 e. The Kier molecular flexibility index (Phi) is 2.07. The van der Waals surface area contributed by atoms with Gasteiger partial charge in [0, 0.05) is 0 Å². The summed E-state index contributed by atoms with van der Waals surface area (Å²) in [5, 5.41) is 0. The molecule has 2 aromatic rings. The van der Waals surface area contributed by atoms with Crippen LogP contribution >= 0.6 is 0 Å². The number of fused-ring (bicyclic) bond motifs is 1. The second kappa shape index (κ2) is 3.27. The summed E-state index contributed by atoms with van der Waals surface area (Å²) in [5.74, 6) is 0.570. The lowest BCUT2D eigenvalue weighted by molar-refractivity contribution is 0.415. The minimum Gasteiger partial charge on any atom is -0.494 e. The molecule has 2 N–H and O–H groups in total. The number of ether oxygens (including phenoxy) is 1. The number of rotatable bonds is 1. The molecule has 0 fully saturated rings. The van der Waals surface area contributed by atoms with Crippen molar-refractivity contribution in [3.8, 4) is 5.75 Å². The molecule has 78 valence electrons. The van der Waals surface area contributed by atoms with Crippen molar-refractivity contribution in [2.75, 3.05) is 7.11 Å². The van der Waals surface area contributed by atoms with E-state index in [2.05, 4.69) is 9.97 Å². The molecule has 0 unspecified atom stereocenters. The Morgan fingerprint density at radius 3 is 2.47 bits per heavy atom. The lowest BCUT2D eigenvalue weighted by Gasteiger charge is -2.07. The van der Waals surface area contributed by atoms with Crippen molar-refractivity contribution < 1.29 is 4.74 Å². The summed E-state index contributed by atoms with van der Waals surface area (Å²) < 4.78 is 5.16. The third-order valence-corrected chi connectivity index (χ3v) is 2.25. The predicted molar refractivity (Wildman–Crippen MR) is 56.5 cm³/mol. The monoisotopic (exact) mass is 206 g/mol. The first-order valence-corrected chi connectivity index (χ1v) is 4.43. The number of nitrogens with one attached hydrogen (secondary N) is 2. The SMILES string of the molecule is COc1c(C)ccc2[nH]c(=O)c(=O)[nH]c12. The van der Waals surface area contributed by atoms with E-state index in [1.165, 1.54) is 7.11 Å². The van der Waals surface area contributed by atoms with Gasteiger partial charge in [-0.25, -0.2) is 0 Å². The van der Waals surface area contributed by atoms with E-state index >= 15 is 0 Å². The number of hydrogen-bond acceptors (Lipinski definition) is 3. The standard InChI is InChI=1S/C10H10N2O3/c1-5-3-4-6-7(8(5)15-2)12-10(14)9(13)11-6/h3-4H,1-2H3,(H,11,13)(H,12,14). The summed E-state index contributed by atoms with van der Waals surface area (Å²) in [5.41, 5.74) is 0.636. The molecule has 0 radical (unpaired) electrons. The van der Waals surface area contributed by atoms with Crippen LogP contribution in [0.1, 0.15) is 5.56 Å². The minimum absolute atomic E-state index is 0.516. The van der Waals surface area contributed by atoms with Crippen LogP contribution in [0.15, 0.2) is 21.7 Å². The van der Waals surface area contributed by atoms with Gasteiger partial charge in [-0.3, -0.25) is 9.59 Å². The molecule has 0 spiro atoms. The van der Waals surface area contributed by atoms with E-state index < -0.39 is 11.1 Å². The van der Waals surface area contributed by atoms with Crippen molar-refractivity contribution in [1.29, 1.82) is 0 Å². The molecule has 0 amide bonds. The molecule has 0 atom stereocenters. The number of methoxy groups -OCH3 is 1. The van der Waals surface area contributed by atoms with Crippen LogP contribution in [0.25, 0.3) is 11.0 Å². The van der Waals surface area contributed by atoms with Crippen molar-refractivity contribution in [3.63, 3.8) is 0 Å². The highest BCUT2D eigenvalue weighted by Crippen LogP contribution is 2.24. The summed E-state index contributed by atoms with van der Waals surface area (Å²) in [6, 6.07) is 3.54. The van der Waals surface area contributed by atoms with Gasteiger partial charge in [0.2, 0.25) is 0 Å². The van der Waals surface area contributed by atoms with E-state index in [1.807, 2.05) is 13.0 Å². The maximum atomic E-state index is 11.2. The van der Waals surface area contributed by atoms with Crippen LogP contribution in [-0.4, -0.2) is 17.1 Å². The first-order valence-electron chi connectivity index (χ1n) is 4.43. The van der Waals surface area contributed by atoms with Gasteiger partial charge in [0.25, 0.3) is 0 Å². The van der Waals surface area contributed by atoms with Gasteiger partial charge < -0.3 is 14.7 Å². The predicted octanol–water partition coefficient (Wildman–Crippen LogP) is 0.533. The summed E-state index contributed by atoms with van der Waals surface area (Å²) in [4.78, 5) is 27.2. The zero-order valence-corrected chi connectivity index (χ0v) is 8.38. The molecule has 15 heavy (non-hydrogen) atoms. The van der Waals surface area contributed by atoms with Crippen molar-refractivity contribution in [3.05, 3.63) is 38.4 Å². The molecular formula is C10H10N2O3. The second-order valence-electron chi connectivity index (χ2n) is 3.25. The molecule has 1 aromatic carbocycles. The van der Waals surface area contributed by atoms with E-state index in [4.69, 9.17) is 4.74 Å². The van der Waals surface area contributed by atoms with Crippen molar-refractivity contribution >= 4 is 11.0 Å². The molecule has 0 saturated carbocycles. The molecule has 5 nitrogen and oxygen atoms in total. The number of H-pyrrole nitrogens is 2. The molecule has 0 aliphatic heterocycles. The quantitative estimate of drug-likeness (QED) is 0.668. The van der Waals surface area contributed by atoms with Gasteiger partial charge in [0.1, 0.15) is 11.3 Å². The average Bonchev–Trinajstić information content (AvgIpc) is 2.21. The van der Waals surface area contributed by atoms with Crippen LogP contribution in [0.2, 0.25) is 0 Å². The molecular weight excluding hydrogens is 196 g/mol. The number of aromatic amines is 2. The van der Waals surface area contributed by atoms with Gasteiger partial charge >= 0.3 is 11.1 Å². The third kappa shape index (κ3) is 1.41. The maximum Gasteiger partial charge on any atom is 0.314 e. The summed E-state index contributed by atoms with van der Waals surface area (Å²) in [6.07, 6.45) is 0. The molecule has 1 heterocycles. The van der Waals surface area contributed by atoms with Gasteiger partial charge in [-0.2, -0.15) is 0 Å². The van der Waals surface area contributed by atoms with Crippen LogP contribution in [0.5, 0.6) is 5.75 Å². The Bertz CT molecular complexity index is 625. The average molecular weight is 206 g/mol. The highest BCUT2D eigenvalue weighted by molar-refractivity contribution is 5.82. The summed E-state index contributed by atoms with van der Waals surface area (Å²) in [7, 11) is 1.52. The summed E-state index contributed by atoms with van der Waals surface area (Å²) in [6.45, 7) is 1.86. The smallest absolute Gasteiger partial charge is 0.314 e. The molecule has 2 rings (SSSR count). The third-order valence-electron chi connectivity index (χ3n) is 2.25. The Morgan fingerprint density at radius 2 is 1.80 bits per heavy atom. The topological polar surface area (TPSA) is 75.0 Å². The Hall–Kier alpha value is -2.04. The van der Waals surface area contributed by atoms with Gasteiger partial charge in [0.05, 0.1) is 12.6 Å². The highest BCUT2D eigenvalue weighted by atomic mass is 16.5. The Balaban J connectivity index is 2.99. The van der Waals surface area contributed by atoms with Crippen molar-refractivity contribution in [1.82, 2.24) is 9.97 Å². The number of hydrogen-bond donors (Lipinski definition) is 2. The van der Waals surface area contributed by atoms with Gasteiger partial charge in [0.15, 0.2) is 0 Å². The van der Waals surface area contributed by atoms with Gasteiger partial charge in [-0.1, -0.05) is 6.07 Å². The molecule has 0 aliphatic rings. The molecule has 1 aromatic heterocycles. The number of aromatic nitrogens is 2. The fourth-order valence-electron chi connectivity index (χ4n) is 1.53. The Labute approximate surface area is 84.7 Å². The van der Waals surface area contributed by atoms with E-state index in [-0.39, 0.29) is 0 Å². The van der Waals surface area contributed by atoms with E-state index in [0.717, 1.165) is 5.56 Å². The Morgan fingerprint density at radius 1 is 1.13 bits per heavy atom. The van der Waals surface area contributed by atoms with Crippen molar-refractivity contribution in [2.45, 2.75) is 6.92 Å². The minimum atomic E-state index is -0.675.